The van der Waals surface area contributed by atoms with Gasteiger partial charge < -0.3 is 25.2 Å². The first-order valence-electron chi connectivity index (χ1n) is 12.8. The Morgan fingerprint density at radius 3 is 2.48 bits per heavy atom. The molecule has 1 aromatic carbocycles. The van der Waals surface area contributed by atoms with Crippen LogP contribution in [-0.4, -0.2) is 65.5 Å². The maximum atomic E-state index is 13.6. The van der Waals surface area contributed by atoms with Crippen LogP contribution in [0.25, 0.3) is 11.0 Å². The van der Waals surface area contributed by atoms with E-state index in [4.69, 9.17) is 0 Å². The lowest BCUT2D eigenvalue weighted by molar-refractivity contribution is -0.161. The minimum absolute atomic E-state index is 0.142. The first kappa shape index (κ1) is 27.4. The molecule has 2 fully saturated rings. The van der Waals surface area contributed by atoms with Crippen LogP contribution in [0.3, 0.4) is 0 Å². The molecule has 2 aromatic heterocycles. The van der Waals surface area contributed by atoms with Crippen LogP contribution in [-0.2, 0) is 20.9 Å². The normalized spacial score (nSPS) is 21.9. The number of hydrogen-bond donors (Lipinski definition) is 3. The van der Waals surface area contributed by atoms with Crippen molar-refractivity contribution in [2.45, 2.75) is 62.5 Å². The molecule has 4 heterocycles. The second kappa shape index (κ2) is 10.1. The van der Waals surface area contributed by atoms with Crippen molar-refractivity contribution >= 4 is 46.5 Å². The molecule has 4 atom stereocenters. The first-order valence-corrected chi connectivity index (χ1v) is 13.7. The Hall–Kier alpha value is -4.19. The molecule has 0 spiro atoms. The third-order valence-corrected chi connectivity index (χ3v) is 8.86. The molecule has 3 amide bonds. The third kappa shape index (κ3) is 4.51. The minimum Gasteiger partial charge on any atom is -0.480 e. The van der Waals surface area contributed by atoms with E-state index in [9.17, 15) is 29.1 Å². The number of carbonyl (C=O) groups excluding carboxylic acids is 3. The summed E-state index contributed by atoms with van der Waals surface area (Å²) in [6, 6.07) is 8.64. The van der Waals surface area contributed by atoms with Crippen LogP contribution < -0.4 is 16.1 Å². The molecule has 208 valence electrons. The van der Waals surface area contributed by atoms with E-state index in [1.807, 2.05) is 13.8 Å². The van der Waals surface area contributed by atoms with Gasteiger partial charge in [0.15, 0.2) is 0 Å². The number of β-lactam (4-membered cyclic amide) rings is 1. The summed E-state index contributed by atoms with van der Waals surface area (Å²) in [7, 11) is 0. The Morgan fingerprint density at radius 2 is 1.82 bits per heavy atom. The number of aromatic nitrogens is 2. The number of pyridine rings is 2. The predicted molar refractivity (Wildman–Crippen MR) is 149 cm³/mol. The number of hydrogen-bond acceptors (Lipinski definition) is 7. The Bertz CT molecular complexity index is 1600. The van der Waals surface area contributed by atoms with Crippen molar-refractivity contribution in [2.24, 2.45) is 0 Å². The summed E-state index contributed by atoms with van der Waals surface area (Å²) in [5.74, 6) is -3.00. The summed E-state index contributed by atoms with van der Waals surface area (Å²) in [4.78, 5) is 70.8. The fourth-order valence-electron chi connectivity index (χ4n) is 5.30. The maximum absolute atomic E-state index is 13.6. The molecule has 3 aromatic rings. The molecule has 0 radical (unpaired) electrons. The van der Waals surface area contributed by atoms with Gasteiger partial charge in [-0.3, -0.25) is 19.2 Å². The molecule has 11 nitrogen and oxygen atoms in total. The standard InChI is InChI=1S/C28H29N5O6S/c1-5-32-13-17(20(34)16-12-11-14(2)29-22(16)32)23(35)30-18(15-9-7-6-8-10-15)24(36)31-19-25(37)33-21(27(38)39)28(3,4)40-26(19)33/h6-13,18-19,21,26H,5H2,1-4H3,(H,30,35)(H,31,36)(H,38,39). The van der Waals surface area contributed by atoms with Gasteiger partial charge in [-0.1, -0.05) is 30.3 Å². The second-order valence-electron chi connectivity index (χ2n) is 10.4. The second-order valence-corrected chi connectivity index (χ2v) is 12.2. The molecule has 2 aliphatic heterocycles. The lowest BCUT2D eigenvalue weighted by atomic mass is 9.95. The van der Waals surface area contributed by atoms with Gasteiger partial charge in [-0.15, -0.1) is 11.8 Å². The van der Waals surface area contributed by atoms with Crippen molar-refractivity contribution in [2.75, 3.05) is 0 Å². The lowest BCUT2D eigenvalue weighted by Crippen LogP contribution is -2.71. The number of benzene rings is 1. The van der Waals surface area contributed by atoms with E-state index < -0.39 is 57.4 Å². The van der Waals surface area contributed by atoms with Gasteiger partial charge in [-0.25, -0.2) is 9.78 Å². The first-order chi connectivity index (χ1) is 18.9. The van der Waals surface area contributed by atoms with E-state index in [2.05, 4.69) is 15.6 Å². The molecule has 12 heteroatoms. The molecular formula is C28H29N5O6S. The van der Waals surface area contributed by atoms with Gasteiger partial charge in [0.05, 0.1) is 5.39 Å². The Balaban J connectivity index is 1.43. The number of aliphatic carboxylic acids is 1. The highest BCUT2D eigenvalue weighted by Gasteiger charge is 2.64. The average Bonchev–Trinajstić information content (AvgIpc) is 3.18. The smallest absolute Gasteiger partial charge is 0.327 e. The fraction of sp³-hybridized carbons (Fsp3) is 0.357. The lowest BCUT2D eigenvalue weighted by Gasteiger charge is -2.44. The summed E-state index contributed by atoms with van der Waals surface area (Å²) in [5.41, 5.74) is 0.998. The Morgan fingerprint density at radius 1 is 1.12 bits per heavy atom. The van der Waals surface area contributed by atoms with Crippen molar-refractivity contribution in [1.29, 1.82) is 0 Å². The van der Waals surface area contributed by atoms with Crippen LogP contribution in [0, 0.1) is 6.92 Å². The molecule has 5 rings (SSSR count). The molecule has 0 saturated carbocycles. The van der Waals surface area contributed by atoms with Crippen LogP contribution >= 0.6 is 11.8 Å². The quantitative estimate of drug-likeness (QED) is 0.369. The largest absolute Gasteiger partial charge is 0.480 e. The van der Waals surface area contributed by atoms with Crippen LogP contribution in [0.15, 0.2) is 53.5 Å². The maximum Gasteiger partial charge on any atom is 0.327 e. The van der Waals surface area contributed by atoms with Gasteiger partial charge in [-0.05, 0) is 45.4 Å². The van der Waals surface area contributed by atoms with E-state index >= 15 is 0 Å². The van der Waals surface area contributed by atoms with E-state index in [1.54, 1.807) is 60.9 Å². The number of carbonyl (C=O) groups is 4. The number of nitrogens with one attached hydrogen (secondary N) is 2. The SMILES string of the molecule is CCn1cc(C(=O)NC(C(=O)NC2C(=O)N3C2SC(C)(C)C3C(=O)O)c2ccccc2)c(=O)c2ccc(C)nc21. The van der Waals surface area contributed by atoms with Crippen LogP contribution in [0.2, 0.25) is 0 Å². The molecule has 2 saturated heterocycles. The summed E-state index contributed by atoms with van der Waals surface area (Å²) < 4.78 is 0.955. The van der Waals surface area contributed by atoms with Crippen molar-refractivity contribution in [3.63, 3.8) is 0 Å². The van der Waals surface area contributed by atoms with E-state index in [0.29, 0.717) is 17.8 Å². The predicted octanol–water partition coefficient (Wildman–Crippen LogP) is 1.83. The number of thioether (sulfide) groups is 1. The summed E-state index contributed by atoms with van der Waals surface area (Å²) >= 11 is 1.31. The number of fused-ring (bicyclic) bond motifs is 2. The zero-order chi connectivity index (χ0) is 28.9. The zero-order valence-corrected chi connectivity index (χ0v) is 23.2. The third-order valence-electron chi connectivity index (χ3n) is 7.29. The van der Waals surface area contributed by atoms with E-state index in [-0.39, 0.29) is 10.9 Å². The van der Waals surface area contributed by atoms with Crippen molar-refractivity contribution < 1.29 is 24.3 Å². The number of carboxylic acid groups (broad SMARTS) is 1. The van der Waals surface area contributed by atoms with Gasteiger partial charge in [0.25, 0.3) is 5.91 Å². The number of aryl methyl sites for hydroxylation is 2. The van der Waals surface area contributed by atoms with Crippen molar-refractivity contribution in [3.8, 4) is 0 Å². The number of carboxylic acids is 1. The molecule has 3 N–H and O–H groups in total. The minimum atomic E-state index is -1.22. The van der Waals surface area contributed by atoms with Crippen LogP contribution in [0.4, 0.5) is 0 Å². The molecule has 4 unspecified atom stereocenters. The van der Waals surface area contributed by atoms with Gasteiger partial charge in [-0.2, -0.15) is 0 Å². The number of amides is 3. The molecular weight excluding hydrogens is 534 g/mol. The monoisotopic (exact) mass is 563 g/mol. The highest BCUT2D eigenvalue weighted by atomic mass is 32.2. The van der Waals surface area contributed by atoms with Crippen molar-refractivity contribution in [1.82, 2.24) is 25.1 Å². The van der Waals surface area contributed by atoms with Gasteiger partial charge in [0, 0.05) is 23.2 Å². The van der Waals surface area contributed by atoms with Gasteiger partial charge in [0.1, 0.15) is 34.7 Å². The topological polar surface area (TPSA) is 151 Å². The molecule has 2 aliphatic rings. The summed E-state index contributed by atoms with van der Waals surface area (Å²) in [5, 5.41) is 14.8. The Kier molecular flexibility index (Phi) is 6.90. The van der Waals surface area contributed by atoms with Gasteiger partial charge in [0.2, 0.25) is 17.2 Å². The Labute approximate surface area is 234 Å². The van der Waals surface area contributed by atoms with Crippen LogP contribution in [0.1, 0.15) is 48.4 Å². The number of nitrogens with zero attached hydrogens (tertiary/aromatic N) is 3. The summed E-state index contributed by atoms with van der Waals surface area (Å²) in [6.45, 7) is 7.64. The highest BCUT2D eigenvalue weighted by molar-refractivity contribution is 8.01. The fourth-order valence-corrected chi connectivity index (χ4v) is 6.92. The van der Waals surface area contributed by atoms with E-state index in [0.717, 1.165) is 5.69 Å². The average molecular weight is 564 g/mol. The molecule has 0 aliphatic carbocycles. The van der Waals surface area contributed by atoms with Crippen molar-refractivity contribution in [3.05, 3.63) is 75.7 Å². The molecule has 0 bridgehead atoms. The van der Waals surface area contributed by atoms with E-state index in [1.165, 1.54) is 22.9 Å². The zero-order valence-electron chi connectivity index (χ0n) is 22.4. The van der Waals surface area contributed by atoms with Crippen LogP contribution in [0.5, 0.6) is 0 Å². The van der Waals surface area contributed by atoms with Gasteiger partial charge >= 0.3 is 5.97 Å². The highest BCUT2D eigenvalue weighted by Crippen LogP contribution is 2.50. The number of rotatable bonds is 7. The molecule has 40 heavy (non-hydrogen) atoms. The summed E-state index contributed by atoms with van der Waals surface area (Å²) in [6.07, 6.45) is 1.43.